The van der Waals surface area contributed by atoms with Crippen LogP contribution in [0.3, 0.4) is 0 Å². The minimum atomic E-state index is -3.58. The zero-order chi connectivity index (χ0) is 19.0. The number of aryl methyl sites for hydroxylation is 2. The Hall–Kier alpha value is -2.18. The van der Waals surface area contributed by atoms with Crippen molar-refractivity contribution in [2.75, 3.05) is 6.54 Å². The summed E-state index contributed by atoms with van der Waals surface area (Å²) in [6, 6.07) is 16.8. The molecule has 1 atom stereocenters. The number of carbonyl (C=O) groups excluding carboxylic acids is 1. The lowest BCUT2D eigenvalue weighted by Crippen LogP contribution is -2.35. The Morgan fingerprint density at radius 3 is 2.35 bits per heavy atom. The monoisotopic (exact) mass is 374 g/mol. The van der Waals surface area contributed by atoms with E-state index in [1.165, 1.54) is 5.56 Å². The number of carbonyl (C=O) groups is 1. The van der Waals surface area contributed by atoms with E-state index in [9.17, 15) is 13.2 Å². The lowest BCUT2D eigenvalue weighted by molar-refractivity contribution is -0.121. The molecular weight excluding hydrogens is 348 g/mol. The van der Waals surface area contributed by atoms with Crippen LogP contribution in [0.5, 0.6) is 0 Å². The molecule has 0 aliphatic heterocycles. The van der Waals surface area contributed by atoms with Crippen LogP contribution in [-0.4, -0.2) is 26.9 Å². The summed E-state index contributed by atoms with van der Waals surface area (Å²) in [4.78, 5) is 12.2. The van der Waals surface area contributed by atoms with Gasteiger partial charge in [0.2, 0.25) is 15.9 Å². The average Bonchev–Trinajstić information content (AvgIpc) is 2.61. The van der Waals surface area contributed by atoms with Crippen molar-refractivity contribution in [3.05, 3.63) is 65.7 Å². The number of hydrogen-bond acceptors (Lipinski definition) is 3. The number of nitrogens with one attached hydrogen (secondary N) is 2. The third kappa shape index (κ3) is 6.61. The van der Waals surface area contributed by atoms with Crippen LogP contribution in [0, 0.1) is 6.92 Å². The first-order chi connectivity index (χ1) is 12.4. The fourth-order valence-electron chi connectivity index (χ4n) is 2.55. The van der Waals surface area contributed by atoms with Crippen molar-refractivity contribution in [1.82, 2.24) is 10.0 Å². The summed E-state index contributed by atoms with van der Waals surface area (Å²) in [5.41, 5.74) is 2.23. The first-order valence-corrected chi connectivity index (χ1v) is 10.2. The molecule has 1 amide bonds. The molecule has 0 aromatic heterocycles. The van der Waals surface area contributed by atoms with Crippen LogP contribution < -0.4 is 10.0 Å². The summed E-state index contributed by atoms with van der Waals surface area (Å²) in [5, 5.41) is 2.91. The van der Waals surface area contributed by atoms with Crippen LogP contribution in [0.15, 0.2) is 59.5 Å². The maximum Gasteiger partial charge on any atom is 0.240 e. The Bertz CT molecular complexity index is 803. The SMILES string of the molecule is Cc1ccc(S(=O)(=O)NCCC(=O)N[C@H](C)CCc2ccccc2)cc1. The van der Waals surface area contributed by atoms with E-state index < -0.39 is 10.0 Å². The molecule has 2 rings (SSSR count). The van der Waals surface area contributed by atoms with E-state index in [2.05, 4.69) is 22.2 Å². The third-order valence-corrected chi connectivity index (χ3v) is 5.57. The minimum Gasteiger partial charge on any atom is -0.354 e. The van der Waals surface area contributed by atoms with Crippen LogP contribution in [0.1, 0.15) is 30.9 Å². The van der Waals surface area contributed by atoms with Gasteiger partial charge in [0.25, 0.3) is 0 Å². The Morgan fingerprint density at radius 2 is 1.69 bits per heavy atom. The van der Waals surface area contributed by atoms with Gasteiger partial charge in [0.15, 0.2) is 0 Å². The Balaban J connectivity index is 1.71. The van der Waals surface area contributed by atoms with Crippen molar-refractivity contribution < 1.29 is 13.2 Å². The predicted octanol–water partition coefficient (Wildman–Crippen LogP) is 2.80. The van der Waals surface area contributed by atoms with Gasteiger partial charge in [0.05, 0.1) is 4.90 Å². The largest absolute Gasteiger partial charge is 0.354 e. The fourth-order valence-corrected chi connectivity index (χ4v) is 3.58. The smallest absolute Gasteiger partial charge is 0.240 e. The van der Waals surface area contributed by atoms with Crippen molar-refractivity contribution in [2.24, 2.45) is 0 Å². The molecule has 0 aliphatic rings. The lowest BCUT2D eigenvalue weighted by Gasteiger charge is -2.14. The molecule has 0 heterocycles. The van der Waals surface area contributed by atoms with Crippen LogP contribution in [0.2, 0.25) is 0 Å². The number of hydrogen-bond donors (Lipinski definition) is 2. The summed E-state index contributed by atoms with van der Waals surface area (Å²) in [6.07, 6.45) is 1.84. The summed E-state index contributed by atoms with van der Waals surface area (Å²) in [6.45, 7) is 3.93. The molecule has 0 bridgehead atoms. The van der Waals surface area contributed by atoms with Gasteiger partial charge >= 0.3 is 0 Å². The van der Waals surface area contributed by atoms with Gasteiger partial charge in [-0.3, -0.25) is 4.79 Å². The molecule has 0 aliphatic carbocycles. The van der Waals surface area contributed by atoms with E-state index in [4.69, 9.17) is 0 Å². The molecule has 0 saturated carbocycles. The van der Waals surface area contributed by atoms with Gasteiger partial charge in [-0.1, -0.05) is 48.0 Å². The molecule has 2 aromatic rings. The highest BCUT2D eigenvalue weighted by Crippen LogP contribution is 2.09. The number of rotatable bonds is 9. The molecule has 0 fully saturated rings. The van der Waals surface area contributed by atoms with Crippen molar-refractivity contribution in [3.63, 3.8) is 0 Å². The van der Waals surface area contributed by atoms with Gasteiger partial charge in [-0.2, -0.15) is 0 Å². The molecule has 2 N–H and O–H groups in total. The molecule has 2 aromatic carbocycles. The van der Waals surface area contributed by atoms with Crippen LogP contribution in [0.25, 0.3) is 0 Å². The van der Waals surface area contributed by atoms with Gasteiger partial charge < -0.3 is 5.32 Å². The van der Waals surface area contributed by atoms with Crippen molar-refractivity contribution >= 4 is 15.9 Å². The fraction of sp³-hybridized carbons (Fsp3) is 0.350. The van der Waals surface area contributed by atoms with Gasteiger partial charge in [-0.25, -0.2) is 13.1 Å². The predicted molar refractivity (Wildman–Crippen MR) is 103 cm³/mol. The van der Waals surface area contributed by atoms with Gasteiger partial charge in [-0.15, -0.1) is 0 Å². The third-order valence-electron chi connectivity index (χ3n) is 4.09. The lowest BCUT2D eigenvalue weighted by atomic mass is 10.1. The molecule has 0 saturated heterocycles. The summed E-state index contributed by atoms with van der Waals surface area (Å²) >= 11 is 0. The number of benzene rings is 2. The Morgan fingerprint density at radius 1 is 1.04 bits per heavy atom. The van der Waals surface area contributed by atoms with Crippen molar-refractivity contribution in [1.29, 1.82) is 0 Å². The highest BCUT2D eigenvalue weighted by Gasteiger charge is 2.14. The van der Waals surface area contributed by atoms with E-state index >= 15 is 0 Å². The summed E-state index contributed by atoms with van der Waals surface area (Å²) in [7, 11) is -3.58. The highest BCUT2D eigenvalue weighted by molar-refractivity contribution is 7.89. The second kappa shape index (κ2) is 9.50. The first kappa shape index (κ1) is 20.1. The molecule has 0 radical (unpaired) electrons. The van der Waals surface area contributed by atoms with E-state index in [0.717, 1.165) is 18.4 Å². The second-order valence-electron chi connectivity index (χ2n) is 6.45. The number of amides is 1. The topological polar surface area (TPSA) is 75.3 Å². The van der Waals surface area contributed by atoms with E-state index in [1.54, 1.807) is 24.3 Å². The number of sulfonamides is 1. The summed E-state index contributed by atoms with van der Waals surface area (Å²) in [5.74, 6) is -0.155. The van der Waals surface area contributed by atoms with Crippen LogP contribution >= 0.6 is 0 Å². The van der Waals surface area contributed by atoms with Gasteiger partial charge in [-0.05, 0) is 44.4 Å². The van der Waals surface area contributed by atoms with Gasteiger partial charge in [0, 0.05) is 19.0 Å². The van der Waals surface area contributed by atoms with Crippen molar-refractivity contribution in [3.8, 4) is 0 Å². The van der Waals surface area contributed by atoms with E-state index in [1.807, 2.05) is 32.0 Å². The van der Waals surface area contributed by atoms with E-state index in [-0.39, 0.29) is 29.8 Å². The maximum absolute atomic E-state index is 12.2. The molecule has 26 heavy (non-hydrogen) atoms. The Labute approximate surface area is 155 Å². The minimum absolute atomic E-state index is 0.0383. The normalized spacial score (nSPS) is 12.5. The average molecular weight is 375 g/mol. The molecule has 140 valence electrons. The maximum atomic E-state index is 12.2. The van der Waals surface area contributed by atoms with E-state index in [0.29, 0.717) is 0 Å². The quantitative estimate of drug-likeness (QED) is 0.709. The second-order valence-corrected chi connectivity index (χ2v) is 8.22. The molecule has 0 unspecified atom stereocenters. The Kier molecular flexibility index (Phi) is 7.36. The van der Waals surface area contributed by atoms with Crippen LogP contribution in [0.4, 0.5) is 0 Å². The van der Waals surface area contributed by atoms with Crippen molar-refractivity contribution in [2.45, 2.75) is 44.0 Å². The van der Waals surface area contributed by atoms with Crippen LogP contribution in [-0.2, 0) is 21.2 Å². The summed E-state index contributed by atoms with van der Waals surface area (Å²) < 4.78 is 26.8. The van der Waals surface area contributed by atoms with Gasteiger partial charge in [0.1, 0.15) is 0 Å². The standard InChI is InChI=1S/C20H26N2O3S/c1-16-8-12-19(13-9-16)26(24,25)21-15-14-20(23)22-17(2)10-11-18-6-4-3-5-7-18/h3-9,12-13,17,21H,10-11,14-15H2,1-2H3,(H,22,23)/t17-/m1/s1. The highest BCUT2D eigenvalue weighted by atomic mass is 32.2. The molecule has 6 heteroatoms. The zero-order valence-electron chi connectivity index (χ0n) is 15.2. The molecular formula is C20H26N2O3S. The molecule has 0 spiro atoms. The first-order valence-electron chi connectivity index (χ1n) is 8.76. The molecule has 5 nitrogen and oxygen atoms in total. The zero-order valence-corrected chi connectivity index (χ0v) is 16.1.